The number of fused-ring (bicyclic) bond motifs is 2. The highest BCUT2D eigenvalue weighted by Crippen LogP contribution is 2.42. The number of ether oxygens (including phenoxy) is 1. The molecule has 2 aromatic heterocycles. The number of methoxy groups -OCH3 is 1. The van der Waals surface area contributed by atoms with Crippen molar-refractivity contribution in [2.75, 3.05) is 12.0 Å². The van der Waals surface area contributed by atoms with Gasteiger partial charge in [0.15, 0.2) is 5.43 Å². The van der Waals surface area contributed by atoms with E-state index in [9.17, 15) is 9.59 Å². The Morgan fingerprint density at radius 2 is 1.90 bits per heavy atom. The highest BCUT2D eigenvalue weighted by molar-refractivity contribution is 7.15. The molecule has 0 aliphatic carbocycles. The zero-order valence-corrected chi connectivity index (χ0v) is 17.5. The van der Waals surface area contributed by atoms with E-state index in [1.807, 2.05) is 12.1 Å². The summed E-state index contributed by atoms with van der Waals surface area (Å²) in [6.45, 7) is 1.80. The number of hydrogen-bond acceptors (Lipinski definition) is 7. The number of benzene rings is 2. The summed E-state index contributed by atoms with van der Waals surface area (Å²) in [6, 6.07) is 11.2. The van der Waals surface area contributed by atoms with Crippen LogP contribution in [0.25, 0.3) is 11.0 Å². The molecule has 0 saturated carbocycles. The molecular weight excluding hydrogens is 426 g/mol. The molecule has 5 rings (SSSR count). The number of aromatic nitrogens is 2. The Morgan fingerprint density at radius 3 is 2.57 bits per heavy atom. The van der Waals surface area contributed by atoms with Crippen LogP contribution in [-0.4, -0.2) is 23.2 Å². The lowest BCUT2D eigenvalue weighted by Crippen LogP contribution is -2.29. The third-order valence-corrected chi connectivity index (χ3v) is 6.06. The van der Waals surface area contributed by atoms with E-state index >= 15 is 0 Å². The predicted molar refractivity (Wildman–Crippen MR) is 114 cm³/mol. The fourth-order valence-corrected chi connectivity index (χ4v) is 4.51. The van der Waals surface area contributed by atoms with Crippen LogP contribution in [0.2, 0.25) is 5.02 Å². The molecule has 1 aliphatic rings. The van der Waals surface area contributed by atoms with Crippen molar-refractivity contribution >= 4 is 44.9 Å². The summed E-state index contributed by atoms with van der Waals surface area (Å²) in [4.78, 5) is 28.3. The maximum Gasteiger partial charge on any atom is 0.297 e. The Bertz CT molecular complexity index is 1360. The quantitative estimate of drug-likeness (QED) is 0.471. The lowest BCUT2D eigenvalue weighted by atomic mass is 9.98. The number of carbonyl (C=O) groups is 1. The maximum absolute atomic E-state index is 13.5. The predicted octanol–water partition coefficient (Wildman–Crippen LogP) is 4.36. The third-order valence-electron chi connectivity index (χ3n) is 4.99. The number of anilines is 1. The molecule has 2 aromatic carbocycles. The topological polar surface area (TPSA) is 85.5 Å². The Morgan fingerprint density at radius 1 is 1.13 bits per heavy atom. The molecule has 0 N–H and O–H groups in total. The van der Waals surface area contributed by atoms with E-state index in [1.54, 1.807) is 44.4 Å². The first-order valence-corrected chi connectivity index (χ1v) is 10.2. The van der Waals surface area contributed by atoms with Gasteiger partial charge in [0, 0.05) is 5.02 Å². The molecule has 0 fully saturated rings. The second-order valence-corrected chi connectivity index (χ2v) is 8.37. The van der Waals surface area contributed by atoms with E-state index < -0.39 is 11.9 Å². The molecule has 1 aliphatic heterocycles. The number of rotatable bonds is 3. The lowest BCUT2D eigenvalue weighted by molar-refractivity contribution is 0.0970. The van der Waals surface area contributed by atoms with Gasteiger partial charge in [0.05, 0.1) is 24.1 Å². The Hall–Kier alpha value is -3.23. The first kappa shape index (κ1) is 18.8. The summed E-state index contributed by atoms with van der Waals surface area (Å²) in [6.07, 6.45) is 0. The summed E-state index contributed by atoms with van der Waals surface area (Å²) >= 11 is 7.37. The fraction of sp³-hybridized carbons (Fsp3) is 0.143. The number of aryl methyl sites for hydroxylation is 1. The highest BCUT2D eigenvalue weighted by Gasteiger charge is 2.45. The molecule has 9 heteroatoms. The van der Waals surface area contributed by atoms with Crippen molar-refractivity contribution in [2.45, 2.75) is 13.0 Å². The molecular formula is C21H14ClN3O4S. The van der Waals surface area contributed by atoms with Crippen molar-refractivity contribution in [2.24, 2.45) is 0 Å². The molecule has 0 saturated heterocycles. The average Bonchev–Trinajstić information content (AvgIpc) is 3.30. The van der Waals surface area contributed by atoms with Crippen molar-refractivity contribution in [1.29, 1.82) is 0 Å². The van der Waals surface area contributed by atoms with Crippen LogP contribution in [0.3, 0.4) is 0 Å². The van der Waals surface area contributed by atoms with Crippen LogP contribution in [0.5, 0.6) is 5.75 Å². The minimum absolute atomic E-state index is 0.00323. The zero-order chi connectivity index (χ0) is 21.0. The van der Waals surface area contributed by atoms with Gasteiger partial charge in [-0.15, -0.1) is 10.2 Å². The van der Waals surface area contributed by atoms with Gasteiger partial charge < -0.3 is 9.15 Å². The van der Waals surface area contributed by atoms with Crippen molar-refractivity contribution in [1.82, 2.24) is 10.2 Å². The molecule has 4 aromatic rings. The minimum atomic E-state index is -0.703. The zero-order valence-electron chi connectivity index (χ0n) is 15.9. The van der Waals surface area contributed by atoms with E-state index in [1.165, 1.54) is 16.2 Å². The molecule has 1 atom stereocenters. The van der Waals surface area contributed by atoms with Crippen LogP contribution in [0.1, 0.15) is 32.7 Å². The van der Waals surface area contributed by atoms with Crippen LogP contribution in [0.4, 0.5) is 5.13 Å². The van der Waals surface area contributed by atoms with E-state index in [4.69, 9.17) is 20.8 Å². The van der Waals surface area contributed by atoms with Gasteiger partial charge in [0.2, 0.25) is 10.9 Å². The second kappa shape index (κ2) is 6.93. The maximum atomic E-state index is 13.5. The smallest absolute Gasteiger partial charge is 0.297 e. The normalized spacial score (nSPS) is 15.6. The molecule has 1 amide bonds. The Kier molecular flexibility index (Phi) is 4.34. The van der Waals surface area contributed by atoms with E-state index in [0.717, 1.165) is 5.56 Å². The number of carbonyl (C=O) groups excluding carboxylic acids is 1. The summed E-state index contributed by atoms with van der Waals surface area (Å²) in [5, 5.41) is 10.0. The third kappa shape index (κ3) is 2.79. The number of amides is 1. The average molecular weight is 440 g/mol. The summed E-state index contributed by atoms with van der Waals surface area (Å²) in [7, 11) is 1.57. The summed E-state index contributed by atoms with van der Waals surface area (Å²) in [5.74, 6) is 0.235. The standard InChI is InChI=1S/C21H14ClN3O4S/c1-10-23-24-21(30-10)25-17(11-3-6-13(28-2)7-4-11)16-18(26)14-9-12(22)5-8-15(14)29-19(16)20(25)27/h3-9,17H,1-2H3. The highest BCUT2D eigenvalue weighted by atomic mass is 35.5. The van der Waals surface area contributed by atoms with Gasteiger partial charge in [0.1, 0.15) is 16.3 Å². The van der Waals surface area contributed by atoms with Gasteiger partial charge in [0.25, 0.3) is 5.91 Å². The van der Waals surface area contributed by atoms with Crippen molar-refractivity contribution < 1.29 is 13.9 Å². The molecule has 1 unspecified atom stereocenters. The molecule has 7 nitrogen and oxygen atoms in total. The van der Waals surface area contributed by atoms with Crippen molar-refractivity contribution in [3.05, 3.63) is 79.6 Å². The van der Waals surface area contributed by atoms with Gasteiger partial charge in [-0.25, -0.2) is 0 Å². The minimum Gasteiger partial charge on any atom is -0.497 e. The van der Waals surface area contributed by atoms with Crippen LogP contribution < -0.4 is 15.1 Å². The van der Waals surface area contributed by atoms with Gasteiger partial charge in [-0.1, -0.05) is 35.1 Å². The SMILES string of the molecule is COc1ccc(C2c3c(oc4ccc(Cl)cc4c3=O)C(=O)N2c2nnc(C)s2)cc1. The van der Waals surface area contributed by atoms with E-state index in [2.05, 4.69) is 10.2 Å². The second-order valence-electron chi connectivity index (χ2n) is 6.77. The van der Waals surface area contributed by atoms with Crippen molar-refractivity contribution in [3.8, 4) is 5.75 Å². The number of halogens is 1. The van der Waals surface area contributed by atoms with Crippen LogP contribution in [0.15, 0.2) is 51.7 Å². The molecule has 0 radical (unpaired) electrons. The number of nitrogens with zero attached hydrogens (tertiary/aromatic N) is 3. The summed E-state index contributed by atoms with van der Waals surface area (Å²) < 4.78 is 11.1. The van der Waals surface area contributed by atoms with Gasteiger partial charge in [-0.3, -0.25) is 14.5 Å². The molecule has 3 heterocycles. The van der Waals surface area contributed by atoms with Crippen LogP contribution in [0, 0.1) is 6.92 Å². The first-order valence-electron chi connectivity index (χ1n) is 9.02. The van der Waals surface area contributed by atoms with E-state index in [0.29, 0.717) is 31.9 Å². The molecule has 30 heavy (non-hydrogen) atoms. The fourth-order valence-electron chi connectivity index (χ4n) is 3.63. The monoisotopic (exact) mass is 439 g/mol. The van der Waals surface area contributed by atoms with Crippen LogP contribution in [-0.2, 0) is 0 Å². The number of hydrogen-bond donors (Lipinski definition) is 0. The Balaban J connectivity index is 1.80. The van der Waals surface area contributed by atoms with Gasteiger partial charge >= 0.3 is 0 Å². The molecule has 0 bridgehead atoms. The lowest BCUT2D eigenvalue weighted by Gasteiger charge is -2.22. The Labute approximate surface area is 179 Å². The van der Waals surface area contributed by atoms with Crippen molar-refractivity contribution in [3.63, 3.8) is 0 Å². The van der Waals surface area contributed by atoms with Gasteiger partial charge in [-0.05, 0) is 42.8 Å². The molecule has 150 valence electrons. The van der Waals surface area contributed by atoms with Gasteiger partial charge in [-0.2, -0.15) is 0 Å². The van der Waals surface area contributed by atoms with Crippen LogP contribution >= 0.6 is 22.9 Å². The van der Waals surface area contributed by atoms with E-state index in [-0.39, 0.29) is 16.8 Å². The summed E-state index contributed by atoms with van der Waals surface area (Å²) in [5.41, 5.74) is 0.990. The largest absolute Gasteiger partial charge is 0.497 e. The molecule has 0 spiro atoms. The first-order chi connectivity index (χ1) is 14.5.